The lowest BCUT2D eigenvalue weighted by molar-refractivity contribution is -0.143. The second-order valence-electron chi connectivity index (χ2n) is 23.1. The van der Waals surface area contributed by atoms with Crippen molar-refractivity contribution in [3.8, 4) is 0 Å². The zero-order valence-electron chi connectivity index (χ0n) is 50.5. The number of unbranched alkanes of at least 4 members (excludes halogenated alkanes) is 48. The maximum absolute atomic E-state index is 12.5. The molecule has 0 aliphatic rings. The summed E-state index contributed by atoms with van der Waals surface area (Å²) in [6.45, 7) is 4.91. The van der Waals surface area contributed by atoms with Crippen LogP contribution in [0, 0.1) is 0 Å². The van der Waals surface area contributed by atoms with Gasteiger partial charge in [-0.15, -0.1) is 0 Å². The first-order chi connectivity index (χ1) is 37.0. The zero-order chi connectivity index (χ0) is 54.3. The molecule has 3 N–H and O–H groups in total. The molecule has 0 bridgehead atoms. The van der Waals surface area contributed by atoms with Crippen LogP contribution in [0.5, 0.6) is 0 Å². The molecule has 75 heavy (non-hydrogen) atoms. The number of hydrogen-bond acceptors (Lipinski definition) is 5. The third kappa shape index (κ3) is 61.2. The molecule has 0 aliphatic heterocycles. The van der Waals surface area contributed by atoms with E-state index in [1.165, 1.54) is 289 Å². The fraction of sp³-hybridized carbons (Fsp3) is 0.884. The van der Waals surface area contributed by atoms with Crippen molar-refractivity contribution in [2.24, 2.45) is 0 Å². The van der Waals surface area contributed by atoms with E-state index in [1.54, 1.807) is 6.08 Å². The van der Waals surface area contributed by atoms with Crippen LogP contribution in [0.4, 0.5) is 0 Å². The molecule has 6 heteroatoms. The smallest absolute Gasteiger partial charge is 0.305 e. The number of carbonyl (C=O) groups is 2. The normalized spacial score (nSPS) is 12.7. The molecule has 442 valence electrons. The summed E-state index contributed by atoms with van der Waals surface area (Å²) >= 11 is 0. The number of carbonyl (C=O) groups excluding carboxylic acids is 2. The first kappa shape index (κ1) is 73.1. The predicted molar refractivity (Wildman–Crippen MR) is 329 cm³/mol. The highest BCUT2D eigenvalue weighted by atomic mass is 16.5. The third-order valence-corrected chi connectivity index (χ3v) is 15.6. The van der Waals surface area contributed by atoms with Gasteiger partial charge in [0.1, 0.15) is 0 Å². The molecule has 0 saturated carbocycles. The van der Waals surface area contributed by atoms with Gasteiger partial charge in [-0.1, -0.05) is 307 Å². The molecule has 0 saturated heterocycles. The molecule has 2 unspecified atom stereocenters. The number of allylic oxidation sites excluding steroid dienone is 5. The Morgan fingerprint density at radius 1 is 0.360 bits per heavy atom. The van der Waals surface area contributed by atoms with Gasteiger partial charge < -0.3 is 20.3 Å². The molecule has 1 amide bonds. The van der Waals surface area contributed by atoms with Crippen LogP contribution in [-0.2, 0) is 14.3 Å². The van der Waals surface area contributed by atoms with Gasteiger partial charge in [-0.05, 0) is 83.5 Å². The van der Waals surface area contributed by atoms with Gasteiger partial charge in [0.05, 0.1) is 25.4 Å². The van der Waals surface area contributed by atoms with Crippen LogP contribution in [0.1, 0.15) is 367 Å². The number of esters is 1. The summed E-state index contributed by atoms with van der Waals surface area (Å²) in [4.78, 5) is 24.6. The minimum atomic E-state index is -0.851. The molecular formula is C69H131NO5. The highest BCUT2D eigenvalue weighted by Crippen LogP contribution is 2.18. The van der Waals surface area contributed by atoms with Gasteiger partial charge >= 0.3 is 5.97 Å². The van der Waals surface area contributed by atoms with Gasteiger partial charge in [0.15, 0.2) is 0 Å². The van der Waals surface area contributed by atoms with Crippen LogP contribution in [0.15, 0.2) is 36.5 Å². The summed E-state index contributed by atoms with van der Waals surface area (Å²) in [5.41, 5.74) is 0. The van der Waals surface area contributed by atoms with Crippen LogP contribution in [0.2, 0.25) is 0 Å². The van der Waals surface area contributed by atoms with E-state index in [-0.39, 0.29) is 18.5 Å². The van der Waals surface area contributed by atoms with Crippen molar-refractivity contribution in [2.45, 2.75) is 379 Å². The Kier molecular flexibility index (Phi) is 63.0. The Morgan fingerprint density at radius 3 is 0.947 bits per heavy atom. The molecule has 0 aromatic heterocycles. The van der Waals surface area contributed by atoms with Crippen molar-refractivity contribution in [2.75, 3.05) is 13.2 Å². The van der Waals surface area contributed by atoms with Crippen molar-refractivity contribution >= 4 is 11.9 Å². The maximum atomic E-state index is 12.5. The number of amides is 1. The number of hydrogen-bond donors (Lipinski definition) is 3. The number of rotatable bonds is 63. The minimum absolute atomic E-state index is 0.000548. The second-order valence-corrected chi connectivity index (χ2v) is 23.1. The Balaban J connectivity index is 3.46. The van der Waals surface area contributed by atoms with Crippen LogP contribution in [-0.4, -0.2) is 47.4 Å². The molecule has 0 heterocycles. The van der Waals surface area contributed by atoms with E-state index >= 15 is 0 Å². The highest BCUT2D eigenvalue weighted by Gasteiger charge is 2.18. The summed E-state index contributed by atoms with van der Waals surface area (Å²) in [6, 6.07) is -0.635. The quantitative estimate of drug-likeness (QED) is 0.0320. The summed E-state index contributed by atoms with van der Waals surface area (Å²) < 4.78 is 5.48. The monoisotopic (exact) mass is 1050 g/mol. The molecule has 0 rings (SSSR count). The van der Waals surface area contributed by atoms with E-state index < -0.39 is 12.1 Å². The lowest BCUT2D eigenvalue weighted by Gasteiger charge is -2.20. The topological polar surface area (TPSA) is 95.9 Å². The standard InChI is InChI=1S/C69H131NO5/c1-3-5-7-9-11-13-15-17-19-20-21-22-23-25-28-31-34-37-41-45-49-53-57-61-67(72)66(65-71)70-68(73)62-58-54-50-46-42-38-35-32-29-26-24-27-30-33-36-40-44-48-52-56-60-64-75-69(74)63-59-55-51-47-43-39-18-16-14-12-10-8-6-4-2/h16,18,26,29,57,61,66-67,71-72H,3-15,17,19-25,27-28,30-56,58-60,62-65H2,1-2H3,(H,70,73)/b18-16-,29-26-,61-57+. The molecule has 0 radical (unpaired) electrons. The van der Waals surface area contributed by atoms with Gasteiger partial charge in [-0.25, -0.2) is 0 Å². The van der Waals surface area contributed by atoms with E-state index in [9.17, 15) is 19.8 Å². The Hall–Kier alpha value is -1.92. The lowest BCUT2D eigenvalue weighted by Crippen LogP contribution is -2.45. The molecule has 0 aromatic carbocycles. The predicted octanol–water partition coefficient (Wildman–Crippen LogP) is 21.5. The maximum Gasteiger partial charge on any atom is 0.305 e. The molecule has 0 fully saturated rings. The van der Waals surface area contributed by atoms with Crippen LogP contribution in [0.3, 0.4) is 0 Å². The fourth-order valence-electron chi connectivity index (χ4n) is 10.4. The third-order valence-electron chi connectivity index (χ3n) is 15.6. The van der Waals surface area contributed by atoms with Crippen LogP contribution < -0.4 is 5.32 Å². The SMILES string of the molecule is CCCCCCC/C=C\CCCCCCCC(=O)OCCCCCCCCCCCC/C=C\CCCCCCCCCC(=O)NC(CO)C(O)/C=C/CCCCCCCCCCCCCCCCCCCCCCC. The van der Waals surface area contributed by atoms with Crippen molar-refractivity contribution in [3.05, 3.63) is 36.5 Å². The van der Waals surface area contributed by atoms with E-state index in [2.05, 4.69) is 43.5 Å². The zero-order valence-corrected chi connectivity index (χ0v) is 50.5. The van der Waals surface area contributed by atoms with E-state index in [4.69, 9.17) is 4.74 Å². The van der Waals surface area contributed by atoms with Crippen molar-refractivity contribution in [1.82, 2.24) is 5.32 Å². The molecule has 0 aromatic rings. The van der Waals surface area contributed by atoms with Gasteiger partial charge in [0, 0.05) is 12.8 Å². The first-order valence-corrected chi connectivity index (χ1v) is 33.8. The number of aliphatic hydroxyl groups excluding tert-OH is 2. The van der Waals surface area contributed by atoms with Crippen LogP contribution in [0.25, 0.3) is 0 Å². The van der Waals surface area contributed by atoms with Gasteiger partial charge in [-0.3, -0.25) is 9.59 Å². The molecule has 2 atom stereocenters. The van der Waals surface area contributed by atoms with E-state index in [1.807, 2.05) is 6.08 Å². The second kappa shape index (κ2) is 64.6. The number of ether oxygens (including phenoxy) is 1. The summed E-state index contributed by atoms with van der Waals surface area (Å²) in [5.74, 6) is -0.0731. The minimum Gasteiger partial charge on any atom is -0.466 e. The first-order valence-electron chi connectivity index (χ1n) is 33.8. The summed E-state index contributed by atoms with van der Waals surface area (Å²) in [7, 11) is 0. The van der Waals surface area contributed by atoms with Gasteiger partial charge in [-0.2, -0.15) is 0 Å². The number of aliphatic hydroxyl groups is 2. The van der Waals surface area contributed by atoms with Crippen molar-refractivity contribution < 1.29 is 24.5 Å². The lowest BCUT2D eigenvalue weighted by atomic mass is 10.0. The Labute approximate surface area is 468 Å². The molecule has 0 spiro atoms. The largest absolute Gasteiger partial charge is 0.466 e. The van der Waals surface area contributed by atoms with Gasteiger partial charge in [0.2, 0.25) is 5.91 Å². The Morgan fingerprint density at radius 2 is 0.627 bits per heavy atom. The summed E-state index contributed by atoms with van der Waals surface area (Å²) in [5, 5.41) is 23.2. The molecular weight excluding hydrogens is 923 g/mol. The molecule has 6 nitrogen and oxygen atoms in total. The van der Waals surface area contributed by atoms with E-state index in [0.29, 0.717) is 19.4 Å². The molecule has 0 aliphatic carbocycles. The van der Waals surface area contributed by atoms with E-state index in [0.717, 1.165) is 51.4 Å². The number of nitrogens with one attached hydrogen (secondary N) is 1. The Bertz CT molecular complexity index is 1210. The van der Waals surface area contributed by atoms with Crippen molar-refractivity contribution in [3.63, 3.8) is 0 Å². The summed E-state index contributed by atoms with van der Waals surface area (Å²) in [6.07, 6.45) is 82.0. The van der Waals surface area contributed by atoms with Crippen LogP contribution >= 0.6 is 0 Å². The average Bonchev–Trinajstić information content (AvgIpc) is 3.41. The average molecular weight is 1050 g/mol. The highest BCUT2D eigenvalue weighted by molar-refractivity contribution is 5.76. The van der Waals surface area contributed by atoms with Crippen molar-refractivity contribution in [1.29, 1.82) is 0 Å². The fourth-order valence-corrected chi connectivity index (χ4v) is 10.4. The van der Waals surface area contributed by atoms with Gasteiger partial charge in [0.25, 0.3) is 0 Å².